The molecule has 3 N–H and O–H groups in total. The van der Waals surface area contributed by atoms with Crippen molar-refractivity contribution in [3.8, 4) is 5.75 Å². The lowest BCUT2D eigenvalue weighted by molar-refractivity contribution is -0.130. The molecule has 1 atom stereocenters. The Morgan fingerprint density at radius 2 is 2.00 bits per heavy atom. The lowest BCUT2D eigenvalue weighted by Gasteiger charge is -2.19. The average molecular weight is 274 g/mol. The molecule has 1 amide bonds. The van der Waals surface area contributed by atoms with Gasteiger partial charge in [-0.25, -0.2) is 0 Å². The Morgan fingerprint density at radius 3 is 2.47 bits per heavy atom. The van der Waals surface area contributed by atoms with Crippen LogP contribution in [-0.2, 0) is 4.79 Å². The molecule has 0 fully saturated rings. The van der Waals surface area contributed by atoms with Crippen molar-refractivity contribution in [3.05, 3.63) is 24.3 Å². The molecule has 0 bridgehead atoms. The highest BCUT2D eigenvalue weighted by Crippen LogP contribution is 2.16. The van der Waals surface area contributed by atoms with E-state index in [2.05, 4.69) is 21.2 Å². The van der Waals surface area contributed by atoms with E-state index in [1.807, 2.05) is 0 Å². The Bertz CT molecular complexity index is 348. The zero-order valence-electron chi connectivity index (χ0n) is 8.20. The van der Waals surface area contributed by atoms with Gasteiger partial charge in [-0.3, -0.25) is 4.79 Å². The number of benzene rings is 1. The van der Waals surface area contributed by atoms with Crippen molar-refractivity contribution in [1.82, 2.24) is 0 Å². The summed E-state index contributed by atoms with van der Waals surface area (Å²) in [5.41, 5.74) is -0.920. The highest BCUT2D eigenvalue weighted by atomic mass is 79.9. The summed E-state index contributed by atoms with van der Waals surface area (Å²) in [5, 5.41) is 21.3. The molecule has 0 heterocycles. The molecule has 0 saturated carbocycles. The van der Waals surface area contributed by atoms with E-state index < -0.39 is 11.5 Å². The number of carbonyl (C=O) groups excluding carboxylic acids is 1. The maximum atomic E-state index is 11.5. The fourth-order valence-corrected chi connectivity index (χ4v) is 1.13. The number of carbonyl (C=O) groups is 1. The van der Waals surface area contributed by atoms with Gasteiger partial charge in [0.2, 0.25) is 0 Å². The predicted molar refractivity (Wildman–Crippen MR) is 61.2 cm³/mol. The topological polar surface area (TPSA) is 69.6 Å². The van der Waals surface area contributed by atoms with Gasteiger partial charge in [-0.05, 0) is 31.2 Å². The number of hydrogen-bond acceptors (Lipinski definition) is 3. The summed E-state index contributed by atoms with van der Waals surface area (Å²) in [6.07, 6.45) is 0. The molecular formula is C10H12BrNO3. The van der Waals surface area contributed by atoms with Crippen LogP contribution in [0.2, 0.25) is 0 Å². The molecule has 4 nitrogen and oxygen atoms in total. The summed E-state index contributed by atoms with van der Waals surface area (Å²) in [7, 11) is 0. The lowest BCUT2D eigenvalue weighted by Crippen LogP contribution is -2.41. The minimum absolute atomic E-state index is 0.125. The van der Waals surface area contributed by atoms with Gasteiger partial charge in [0.1, 0.15) is 11.4 Å². The van der Waals surface area contributed by atoms with Crippen LogP contribution in [0.5, 0.6) is 5.75 Å². The largest absolute Gasteiger partial charge is 0.508 e. The molecule has 0 radical (unpaired) electrons. The zero-order valence-corrected chi connectivity index (χ0v) is 9.78. The van der Waals surface area contributed by atoms with Gasteiger partial charge in [-0.2, -0.15) is 0 Å². The van der Waals surface area contributed by atoms with Gasteiger partial charge < -0.3 is 15.5 Å². The number of phenols is 1. The highest BCUT2D eigenvalue weighted by molar-refractivity contribution is 9.09. The molecule has 15 heavy (non-hydrogen) atoms. The van der Waals surface area contributed by atoms with Crippen LogP contribution < -0.4 is 5.32 Å². The number of halogens is 1. The van der Waals surface area contributed by atoms with Gasteiger partial charge in [0.15, 0.2) is 0 Å². The zero-order chi connectivity index (χ0) is 11.5. The van der Waals surface area contributed by atoms with Crippen molar-refractivity contribution in [1.29, 1.82) is 0 Å². The van der Waals surface area contributed by atoms with Crippen LogP contribution in [-0.4, -0.2) is 27.1 Å². The molecule has 82 valence electrons. The van der Waals surface area contributed by atoms with E-state index in [1.54, 1.807) is 12.1 Å². The molecular weight excluding hydrogens is 262 g/mol. The van der Waals surface area contributed by atoms with Crippen LogP contribution in [0.3, 0.4) is 0 Å². The normalized spacial score (nSPS) is 14.3. The SMILES string of the molecule is CC(O)(CBr)C(=O)Nc1ccc(O)cc1. The predicted octanol–water partition coefficient (Wildman–Crippen LogP) is 1.48. The lowest BCUT2D eigenvalue weighted by atomic mass is 10.1. The van der Waals surface area contributed by atoms with Crippen LogP contribution in [0.25, 0.3) is 0 Å². The molecule has 1 rings (SSSR count). The molecule has 0 aliphatic rings. The third-order valence-corrected chi connectivity index (χ3v) is 2.97. The Balaban J connectivity index is 2.71. The van der Waals surface area contributed by atoms with E-state index in [9.17, 15) is 9.90 Å². The standard InChI is InChI=1S/C10H12BrNO3/c1-10(15,6-11)9(14)12-7-2-4-8(13)5-3-7/h2-5,13,15H,6H2,1H3,(H,12,14). The van der Waals surface area contributed by atoms with Crippen molar-refractivity contribution in [2.45, 2.75) is 12.5 Å². The van der Waals surface area contributed by atoms with Gasteiger partial charge in [0.25, 0.3) is 5.91 Å². The summed E-state index contributed by atoms with van der Waals surface area (Å²) in [6, 6.07) is 6.02. The second-order valence-corrected chi connectivity index (χ2v) is 3.97. The number of hydrogen-bond donors (Lipinski definition) is 3. The van der Waals surface area contributed by atoms with Gasteiger partial charge >= 0.3 is 0 Å². The molecule has 5 heteroatoms. The molecule has 0 aromatic heterocycles. The van der Waals surface area contributed by atoms with Crippen LogP contribution in [0.4, 0.5) is 5.69 Å². The van der Waals surface area contributed by atoms with Gasteiger partial charge in [-0.1, -0.05) is 15.9 Å². The fraction of sp³-hybridized carbons (Fsp3) is 0.300. The average Bonchev–Trinajstić information content (AvgIpc) is 2.21. The summed E-state index contributed by atoms with van der Waals surface area (Å²) in [5.74, 6) is -0.370. The maximum absolute atomic E-state index is 11.5. The third kappa shape index (κ3) is 3.21. The van der Waals surface area contributed by atoms with Crippen molar-refractivity contribution in [2.75, 3.05) is 10.6 Å². The van der Waals surface area contributed by atoms with E-state index >= 15 is 0 Å². The second kappa shape index (κ2) is 4.63. The maximum Gasteiger partial charge on any atom is 0.256 e. The van der Waals surface area contributed by atoms with E-state index in [1.165, 1.54) is 19.1 Å². The molecule has 1 aromatic rings. The number of anilines is 1. The monoisotopic (exact) mass is 273 g/mol. The minimum Gasteiger partial charge on any atom is -0.508 e. The number of aromatic hydroxyl groups is 1. The van der Waals surface area contributed by atoms with Gasteiger partial charge in [-0.15, -0.1) is 0 Å². The van der Waals surface area contributed by atoms with Crippen LogP contribution >= 0.6 is 15.9 Å². The number of amides is 1. The Labute approximate surface area is 96.1 Å². The second-order valence-electron chi connectivity index (χ2n) is 3.41. The van der Waals surface area contributed by atoms with Crippen molar-refractivity contribution in [2.24, 2.45) is 0 Å². The Morgan fingerprint density at radius 1 is 1.47 bits per heavy atom. The Kier molecular flexibility index (Phi) is 3.71. The molecule has 0 aliphatic carbocycles. The van der Waals surface area contributed by atoms with Crippen LogP contribution in [0.15, 0.2) is 24.3 Å². The quantitative estimate of drug-likeness (QED) is 0.577. The summed E-state index contributed by atoms with van der Waals surface area (Å²) >= 11 is 3.05. The summed E-state index contributed by atoms with van der Waals surface area (Å²) in [6.45, 7) is 1.41. The van der Waals surface area contributed by atoms with E-state index in [4.69, 9.17) is 5.11 Å². The van der Waals surface area contributed by atoms with Crippen molar-refractivity contribution < 1.29 is 15.0 Å². The highest BCUT2D eigenvalue weighted by Gasteiger charge is 2.28. The molecule has 1 aromatic carbocycles. The van der Waals surface area contributed by atoms with Crippen LogP contribution in [0.1, 0.15) is 6.92 Å². The first-order valence-corrected chi connectivity index (χ1v) is 5.46. The number of nitrogens with one attached hydrogen (secondary N) is 1. The van der Waals surface area contributed by atoms with Crippen molar-refractivity contribution in [3.63, 3.8) is 0 Å². The number of rotatable bonds is 3. The molecule has 1 unspecified atom stereocenters. The van der Waals surface area contributed by atoms with Crippen LogP contribution in [0, 0.1) is 0 Å². The van der Waals surface area contributed by atoms with E-state index in [0.717, 1.165) is 0 Å². The van der Waals surface area contributed by atoms with E-state index in [-0.39, 0.29) is 11.1 Å². The van der Waals surface area contributed by atoms with Gasteiger partial charge in [0.05, 0.1) is 0 Å². The number of phenolic OH excluding ortho intramolecular Hbond substituents is 1. The third-order valence-electron chi connectivity index (χ3n) is 1.87. The van der Waals surface area contributed by atoms with Crippen molar-refractivity contribution >= 4 is 27.5 Å². The fourth-order valence-electron chi connectivity index (χ4n) is 0.871. The van der Waals surface area contributed by atoms with E-state index in [0.29, 0.717) is 5.69 Å². The van der Waals surface area contributed by atoms with Gasteiger partial charge in [0, 0.05) is 11.0 Å². The number of aliphatic hydroxyl groups is 1. The minimum atomic E-state index is -1.45. The Hall–Kier alpha value is -1.07. The first kappa shape index (κ1) is 12.0. The first-order valence-electron chi connectivity index (χ1n) is 4.34. The first-order chi connectivity index (χ1) is 6.95. The molecule has 0 spiro atoms. The summed E-state index contributed by atoms with van der Waals surface area (Å²) in [4.78, 5) is 11.5. The summed E-state index contributed by atoms with van der Waals surface area (Å²) < 4.78 is 0. The number of alkyl halides is 1. The molecule has 0 aliphatic heterocycles. The smallest absolute Gasteiger partial charge is 0.256 e. The molecule has 0 saturated heterocycles.